The third-order valence-corrected chi connectivity index (χ3v) is 5.54. The van der Waals surface area contributed by atoms with Crippen LogP contribution in [0, 0.1) is 18.2 Å². The summed E-state index contributed by atoms with van der Waals surface area (Å²) in [6, 6.07) is 13.5. The maximum absolute atomic E-state index is 13.1. The van der Waals surface area contributed by atoms with Crippen LogP contribution in [0.1, 0.15) is 28.8 Å². The van der Waals surface area contributed by atoms with Gasteiger partial charge < -0.3 is 9.80 Å². The highest BCUT2D eigenvalue weighted by Crippen LogP contribution is 2.42. The topological polar surface area (TPSA) is 40.6 Å². The van der Waals surface area contributed by atoms with E-state index in [0.29, 0.717) is 31.6 Å². The van der Waals surface area contributed by atoms with Crippen molar-refractivity contribution in [2.45, 2.75) is 19.8 Å². The molecule has 2 fully saturated rings. The zero-order chi connectivity index (χ0) is 18.3. The average molecular weight is 352 g/mol. The van der Waals surface area contributed by atoms with Gasteiger partial charge in [0.1, 0.15) is 5.82 Å². The fraction of sp³-hybridized carbons (Fsp3) is 0.333. The highest BCUT2D eigenvalue weighted by Gasteiger charge is 2.49. The number of para-hydroxylation sites is 1. The van der Waals surface area contributed by atoms with Gasteiger partial charge in [-0.15, -0.1) is 0 Å². The predicted molar refractivity (Wildman–Crippen MR) is 97.5 cm³/mol. The number of likely N-dealkylation sites (tertiary alicyclic amines) is 1. The van der Waals surface area contributed by atoms with Gasteiger partial charge in [-0.05, 0) is 49.2 Å². The van der Waals surface area contributed by atoms with Gasteiger partial charge in [-0.25, -0.2) is 4.39 Å². The molecule has 0 bridgehead atoms. The molecule has 2 aromatic carbocycles. The zero-order valence-electron chi connectivity index (χ0n) is 14.7. The van der Waals surface area contributed by atoms with Gasteiger partial charge in [-0.3, -0.25) is 9.59 Å². The second-order valence-electron chi connectivity index (χ2n) is 7.43. The van der Waals surface area contributed by atoms with Crippen molar-refractivity contribution in [1.29, 1.82) is 0 Å². The first-order valence-corrected chi connectivity index (χ1v) is 8.88. The molecule has 0 radical (unpaired) electrons. The van der Waals surface area contributed by atoms with E-state index in [4.69, 9.17) is 0 Å². The van der Waals surface area contributed by atoms with E-state index in [0.717, 1.165) is 17.7 Å². The van der Waals surface area contributed by atoms with E-state index in [9.17, 15) is 14.0 Å². The van der Waals surface area contributed by atoms with Crippen LogP contribution in [0.15, 0.2) is 48.5 Å². The number of aryl methyl sites for hydroxylation is 1. The molecule has 5 heteroatoms. The van der Waals surface area contributed by atoms with Crippen molar-refractivity contribution in [1.82, 2.24) is 4.90 Å². The molecule has 26 heavy (non-hydrogen) atoms. The summed E-state index contributed by atoms with van der Waals surface area (Å²) in [4.78, 5) is 29.0. The third-order valence-electron chi connectivity index (χ3n) is 5.54. The minimum Gasteiger partial charge on any atom is -0.338 e. The van der Waals surface area contributed by atoms with Crippen molar-refractivity contribution in [3.8, 4) is 0 Å². The molecule has 2 saturated heterocycles. The van der Waals surface area contributed by atoms with Crippen molar-refractivity contribution in [2.24, 2.45) is 5.41 Å². The number of carbonyl (C=O) groups is 2. The fourth-order valence-electron chi connectivity index (χ4n) is 4.14. The van der Waals surface area contributed by atoms with Gasteiger partial charge in [0.05, 0.1) is 0 Å². The minimum absolute atomic E-state index is 0.0938. The minimum atomic E-state index is -0.352. The Hall–Kier alpha value is -2.69. The average Bonchev–Trinajstić information content (AvgIpc) is 3.18. The first-order valence-electron chi connectivity index (χ1n) is 8.88. The summed E-state index contributed by atoms with van der Waals surface area (Å²) >= 11 is 0. The lowest BCUT2D eigenvalue weighted by atomic mass is 9.86. The van der Waals surface area contributed by atoms with E-state index in [1.54, 1.807) is 4.90 Å². The number of hydrogen-bond donors (Lipinski definition) is 0. The van der Waals surface area contributed by atoms with Gasteiger partial charge in [0.2, 0.25) is 5.91 Å². The maximum atomic E-state index is 13.1. The van der Waals surface area contributed by atoms with Crippen LogP contribution in [0.5, 0.6) is 0 Å². The van der Waals surface area contributed by atoms with Gasteiger partial charge >= 0.3 is 0 Å². The molecule has 2 aliphatic heterocycles. The Kier molecular flexibility index (Phi) is 4.02. The molecule has 4 rings (SSSR count). The zero-order valence-corrected chi connectivity index (χ0v) is 14.7. The second kappa shape index (κ2) is 6.24. The number of benzene rings is 2. The van der Waals surface area contributed by atoms with Crippen LogP contribution in [0.4, 0.5) is 10.1 Å². The molecule has 1 spiro atoms. The summed E-state index contributed by atoms with van der Waals surface area (Å²) in [5.74, 6) is -0.325. The molecule has 4 nitrogen and oxygen atoms in total. The Bertz CT molecular complexity index is 865. The normalized spacial score (nSPS) is 22.5. The van der Waals surface area contributed by atoms with E-state index in [2.05, 4.69) is 0 Å². The predicted octanol–water partition coefficient (Wildman–Crippen LogP) is 3.40. The molecular weight excluding hydrogens is 331 g/mol. The van der Waals surface area contributed by atoms with E-state index < -0.39 is 0 Å². The molecule has 134 valence electrons. The van der Waals surface area contributed by atoms with Crippen LogP contribution in [0.3, 0.4) is 0 Å². The van der Waals surface area contributed by atoms with Gasteiger partial charge in [-0.1, -0.05) is 18.2 Å². The number of halogens is 1. The van der Waals surface area contributed by atoms with E-state index in [1.165, 1.54) is 24.3 Å². The van der Waals surface area contributed by atoms with Gasteiger partial charge in [0.15, 0.2) is 0 Å². The molecule has 0 N–H and O–H groups in total. The molecule has 0 aromatic heterocycles. The Morgan fingerprint density at radius 3 is 2.54 bits per heavy atom. The van der Waals surface area contributed by atoms with E-state index in [-0.39, 0.29) is 23.0 Å². The number of carbonyl (C=O) groups excluding carboxylic acids is 2. The monoisotopic (exact) mass is 352 g/mol. The number of nitrogens with zero attached hydrogens (tertiary/aromatic N) is 2. The van der Waals surface area contributed by atoms with E-state index in [1.807, 2.05) is 36.1 Å². The fourth-order valence-corrected chi connectivity index (χ4v) is 4.14. The Morgan fingerprint density at radius 2 is 1.81 bits per heavy atom. The molecule has 0 saturated carbocycles. The lowest BCUT2D eigenvalue weighted by Crippen LogP contribution is -2.34. The first kappa shape index (κ1) is 16.8. The summed E-state index contributed by atoms with van der Waals surface area (Å²) in [6.45, 7) is 3.85. The molecule has 0 unspecified atom stereocenters. The van der Waals surface area contributed by atoms with E-state index >= 15 is 0 Å². The van der Waals surface area contributed by atoms with Gasteiger partial charge in [-0.2, -0.15) is 0 Å². The smallest absolute Gasteiger partial charge is 0.253 e. The third kappa shape index (κ3) is 2.87. The number of anilines is 1. The largest absolute Gasteiger partial charge is 0.338 e. The van der Waals surface area contributed by atoms with Crippen LogP contribution in [-0.4, -0.2) is 36.3 Å². The standard InChI is InChI=1S/C21H21FN2O2/c1-15-4-2-3-5-18(15)24-14-21(12-19(24)25)10-11-23(13-21)20(26)16-6-8-17(22)9-7-16/h2-9H,10-14H2,1H3/t21-/m0/s1. The van der Waals surface area contributed by atoms with Crippen LogP contribution in [-0.2, 0) is 4.79 Å². The molecule has 2 amide bonds. The number of rotatable bonds is 2. The van der Waals surface area contributed by atoms with Crippen LogP contribution in [0.25, 0.3) is 0 Å². The highest BCUT2D eigenvalue weighted by molar-refractivity contribution is 5.98. The molecular formula is C21H21FN2O2. The molecule has 2 aliphatic rings. The summed E-state index contributed by atoms with van der Waals surface area (Å²) in [5, 5.41) is 0. The summed E-state index contributed by atoms with van der Waals surface area (Å²) < 4.78 is 13.1. The van der Waals surface area contributed by atoms with Crippen molar-refractivity contribution in [2.75, 3.05) is 24.5 Å². The Morgan fingerprint density at radius 1 is 1.08 bits per heavy atom. The lowest BCUT2D eigenvalue weighted by molar-refractivity contribution is -0.117. The molecule has 1 atom stereocenters. The Balaban J connectivity index is 1.51. The second-order valence-corrected chi connectivity index (χ2v) is 7.43. The van der Waals surface area contributed by atoms with Crippen LogP contribution in [0.2, 0.25) is 0 Å². The molecule has 2 heterocycles. The molecule has 0 aliphatic carbocycles. The van der Waals surface area contributed by atoms with Crippen molar-refractivity contribution in [3.05, 3.63) is 65.5 Å². The van der Waals surface area contributed by atoms with Crippen LogP contribution >= 0.6 is 0 Å². The first-order chi connectivity index (χ1) is 12.5. The highest BCUT2D eigenvalue weighted by atomic mass is 19.1. The molecule has 2 aromatic rings. The van der Waals surface area contributed by atoms with Crippen molar-refractivity contribution < 1.29 is 14.0 Å². The van der Waals surface area contributed by atoms with Crippen molar-refractivity contribution in [3.63, 3.8) is 0 Å². The SMILES string of the molecule is Cc1ccccc1N1C[C@@]2(CCN(C(=O)c3ccc(F)cc3)C2)CC1=O. The van der Waals surface area contributed by atoms with Crippen LogP contribution < -0.4 is 4.90 Å². The van der Waals surface area contributed by atoms with Gasteiger partial charge in [0.25, 0.3) is 5.91 Å². The summed E-state index contributed by atoms with van der Waals surface area (Å²) in [5.41, 5.74) is 2.34. The number of hydrogen-bond acceptors (Lipinski definition) is 2. The van der Waals surface area contributed by atoms with Gasteiger partial charge in [0, 0.05) is 42.7 Å². The Labute approximate surface area is 152 Å². The summed E-state index contributed by atoms with van der Waals surface area (Å²) in [7, 11) is 0. The maximum Gasteiger partial charge on any atom is 0.253 e. The lowest BCUT2D eigenvalue weighted by Gasteiger charge is -2.25. The van der Waals surface area contributed by atoms with Crippen molar-refractivity contribution >= 4 is 17.5 Å². The summed E-state index contributed by atoms with van der Waals surface area (Å²) in [6.07, 6.45) is 1.28. The quantitative estimate of drug-likeness (QED) is 0.831. The number of amides is 2.